The summed E-state index contributed by atoms with van der Waals surface area (Å²) in [4.78, 5) is 29.8. The van der Waals surface area contributed by atoms with Gasteiger partial charge in [-0.3, -0.25) is 9.69 Å². The van der Waals surface area contributed by atoms with Gasteiger partial charge in [-0.2, -0.15) is 0 Å². The minimum Gasteiger partial charge on any atom is -0.469 e. The van der Waals surface area contributed by atoms with Gasteiger partial charge in [0.25, 0.3) is 0 Å². The van der Waals surface area contributed by atoms with Crippen LogP contribution in [0, 0.1) is 0 Å². The zero-order valence-electron chi connectivity index (χ0n) is 20.6. The molecule has 6 rings (SSSR count). The number of carbonyl (C=O) groups excluding carboxylic acids is 2. The fourth-order valence-corrected chi connectivity index (χ4v) is 6.12. The summed E-state index contributed by atoms with van der Waals surface area (Å²) in [5.41, 5.74) is 3.85. The van der Waals surface area contributed by atoms with Crippen LogP contribution in [-0.2, 0) is 4.79 Å². The number of benzene rings is 2. The van der Waals surface area contributed by atoms with E-state index in [1.807, 2.05) is 60.7 Å². The zero-order chi connectivity index (χ0) is 25.4. The number of hydrogen-bond donors (Lipinski definition) is 2. The van der Waals surface area contributed by atoms with Gasteiger partial charge >= 0.3 is 6.03 Å². The lowest BCUT2D eigenvalue weighted by atomic mass is 9.80. The van der Waals surface area contributed by atoms with Crippen molar-refractivity contribution in [1.29, 1.82) is 0 Å². The molecule has 1 saturated carbocycles. The van der Waals surface area contributed by atoms with Gasteiger partial charge in [0.2, 0.25) is 0 Å². The van der Waals surface area contributed by atoms with E-state index in [-0.39, 0.29) is 23.8 Å². The predicted molar refractivity (Wildman–Crippen MR) is 145 cm³/mol. The molecule has 2 aliphatic carbocycles. The van der Waals surface area contributed by atoms with Crippen molar-refractivity contribution < 1.29 is 14.0 Å². The average Bonchev–Trinajstić information content (AvgIpc) is 3.40. The molecule has 7 heteroatoms. The molecule has 190 valence electrons. The van der Waals surface area contributed by atoms with Gasteiger partial charge in [0.05, 0.1) is 23.7 Å². The van der Waals surface area contributed by atoms with Crippen molar-refractivity contribution in [2.45, 2.75) is 62.9 Å². The molecule has 37 heavy (non-hydrogen) atoms. The van der Waals surface area contributed by atoms with Crippen LogP contribution in [0.1, 0.15) is 68.2 Å². The first-order valence-corrected chi connectivity index (χ1v) is 13.5. The summed E-state index contributed by atoms with van der Waals surface area (Å²) >= 11 is 6.24. The summed E-state index contributed by atoms with van der Waals surface area (Å²) < 4.78 is 5.68. The second-order valence-electron chi connectivity index (χ2n) is 10.2. The molecule has 1 aromatic heterocycles. The number of fused-ring (bicyclic) bond motifs is 1. The summed E-state index contributed by atoms with van der Waals surface area (Å²) in [5.74, 6) is 0.752. The molecule has 3 aromatic rings. The maximum absolute atomic E-state index is 14.1. The third kappa shape index (κ3) is 4.66. The molecule has 0 spiro atoms. The zero-order valence-corrected chi connectivity index (χ0v) is 21.3. The summed E-state index contributed by atoms with van der Waals surface area (Å²) in [6.45, 7) is 0. The van der Waals surface area contributed by atoms with E-state index in [1.54, 1.807) is 11.2 Å². The van der Waals surface area contributed by atoms with Crippen LogP contribution in [-0.4, -0.2) is 17.9 Å². The van der Waals surface area contributed by atoms with Crippen molar-refractivity contribution in [3.63, 3.8) is 0 Å². The van der Waals surface area contributed by atoms with Crippen LogP contribution in [0.25, 0.3) is 0 Å². The van der Waals surface area contributed by atoms with Crippen molar-refractivity contribution in [3.05, 3.63) is 94.5 Å². The van der Waals surface area contributed by atoms with Crippen molar-refractivity contribution in [2.75, 3.05) is 10.2 Å². The number of urea groups is 1. The van der Waals surface area contributed by atoms with E-state index in [1.165, 1.54) is 6.42 Å². The molecular weight excluding hydrogens is 486 g/mol. The average molecular weight is 516 g/mol. The number of amides is 2. The smallest absolute Gasteiger partial charge is 0.323 e. The lowest BCUT2D eigenvalue weighted by molar-refractivity contribution is -0.116. The number of hydrogen-bond acceptors (Lipinski definition) is 4. The van der Waals surface area contributed by atoms with Crippen molar-refractivity contribution in [1.82, 2.24) is 5.32 Å². The Bertz CT molecular complexity index is 1330. The van der Waals surface area contributed by atoms with Crippen LogP contribution in [0.15, 0.2) is 82.6 Å². The fourth-order valence-electron chi connectivity index (χ4n) is 5.99. The normalized spacial score (nSPS) is 22.1. The van der Waals surface area contributed by atoms with Crippen LogP contribution in [0.2, 0.25) is 5.02 Å². The Balaban J connectivity index is 1.49. The number of carbonyl (C=O) groups is 2. The first kappa shape index (κ1) is 23.9. The number of rotatable bonds is 3. The lowest BCUT2D eigenvalue weighted by Crippen LogP contribution is -2.48. The molecule has 2 N–H and O–H groups in total. The van der Waals surface area contributed by atoms with Crippen LogP contribution in [0.4, 0.5) is 16.2 Å². The Hall–Kier alpha value is -3.51. The van der Waals surface area contributed by atoms with Crippen molar-refractivity contribution in [3.8, 4) is 0 Å². The van der Waals surface area contributed by atoms with E-state index >= 15 is 0 Å². The van der Waals surface area contributed by atoms with Gasteiger partial charge in [-0.05, 0) is 61.2 Å². The summed E-state index contributed by atoms with van der Waals surface area (Å²) in [6, 6.07) is 18.4. The summed E-state index contributed by atoms with van der Waals surface area (Å²) in [6.07, 6.45) is 7.98. The first-order valence-electron chi connectivity index (χ1n) is 13.1. The monoisotopic (exact) mass is 515 g/mol. The Labute approximate surface area is 221 Å². The molecule has 2 amide bonds. The van der Waals surface area contributed by atoms with E-state index in [9.17, 15) is 9.59 Å². The number of nitrogens with zero attached hydrogens (tertiary/aromatic N) is 1. The highest BCUT2D eigenvalue weighted by Crippen LogP contribution is 2.47. The lowest BCUT2D eigenvalue weighted by Gasteiger charge is -2.36. The van der Waals surface area contributed by atoms with Gasteiger partial charge in [-0.1, -0.05) is 55.1 Å². The molecule has 1 fully saturated rings. The van der Waals surface area contributed by atoms with Crippen LogP contribution in [0.5, 0.6) is 0 Å². The van der Waals surface area contributed by atoms with Gasteiger partial charge in [0.1, 0.15) is 5.76 Å². The molecule has 1 aliphatic heterocycles. The molecule has 3 aliphatic rings. The minimum atomic E-state index is -0.586. The molecule has 6 nitrogen and oxygen atoms in total. The Morgan fingerprint density at radius 2 is 1.76 bits per heavy atom. The quantitative estimate of drug-likeness (QED) is 0.382. The third-order valence-electron chi connectivity index (χ3n) is 7.77. The molecule has 0 saturated heterocycles. The van der Waals surface area contributed by atoms with Gasteiger partial charge in [0.15, 0.2) is 5.78 Å². The van der Waals surface area contributed by atoms with Gasteiger partial charge in [-0.15, -0.1) is 0 Å². The third-order valence-corrected chi connectivity index (χ3v) is 8.02. The van der Waals surface area contributed by atoms with E-state index < -0.39 is 6.04 Å². The number of Topliss-reactive ketones (excluding diaryl/α,β-unsaturated/α-hetero) is 1. The number of ketones is 1. The van der Waals surface area contributed by atoms with Gasteiger partial charge in [-0.25, -0.2) is 4.79 Å². The highest BCUT2D eigenvalue weighted by Gasteiger charge is 2.42. The number of para-hydroxylation sites is 2. The number of anilines is 2. The Morgan fingerprint density at radius 3 is 2.51 bits per heavy atom. The second-order valence-corrected chi connectivity index (χ2v) is 10.6. The van der Waals surface area contributed by atoms with E-state index in [0.29, 0.717) is 23.4 Å². The molecule has 2 atom stereocenters. The molecule has 2 heterocycles. The number of allylic oxidation sites excluding steroid dienone is 1. The number of halogens is 1. The van der Waals surface area contributed by atoms with Crippen LogP contribution >= 0.6 is 11.6 Å². The van der Waals surface area contributed by atoms with Crippen molar-refractivity contribution in [2.24, 2.45) is 0 Å². The Kier molecular flexibility index (Phi) is 6.51. The van der Waals surface area contributed by atoms with Crippen LogP contribution < -0.4 is 15.5 Å². The predicted octanol–water partition coefficient (Wildman–Crippen LogP) is 7.35. The van der Waals surface area contributed by atoms with Gasteiger partial charge in [0, 0.05) is 34.7 Å². The Morgan fingerprint density at radius 1 is 0.973 bits per heavy atom. The van der Waals surface area contributed by atoms with Gasteiger partial charge < -0.3 is 15.1 Å². The number of furan rings is 1. The summed E-state index contributed by atoms with van der Waals surface area (Å²) in [7, 11) is 0. The highest BCUT2D eigenvalue weighted by atomic mass is 35.5. The van der Waals surface area contributed by atoms with Crippen molar-refractivity contribution >= 4 is 34.8 Å². The fraction of sp³-hybridized carbons (Fsp3) is 0.333. The topological polar surface area (TPSA) is 74.6 Å². The summed E-state index contributed by atoms with van der Waals surface area (Å²) in [5, 5.41) is 7.45. The maximum atomic E-state index is 14.1. The highest BCUT2D eigenvalue weighted by molar-refractivity contribution is 6.30. The van der Waals surface area contributed by atoms with Crippen LogP contribution in [0.3, 0.4) is 0 Å². The van der Waals surface area contributed by atoms with E-state index in [0.717, 1.165) is 54.1 Å². The molecule has 2 unspecified atom stereocenters. The molecule has 0 bridgehead atoms. The van der Waals surface area contributed by atoms with E-state index in [2.05, 4.69) is 10.6 Å². The van der Waals surface area contributed by atoms with E-state index in [4.69, 9.17) is 16.0 Å². The molecule has 2 aromatic carbocycles. The minimum absolute atomic E-state index is 0.0124. The SMILES string of the molecule is O=C1CC(c2ccco2)CC2=C1C(c1ccc(Cl)cc1)N(C(=O)NC1CCCCC1)c1ccccc1N2. The standard InChI is InChI=1S/C30H30ClN3O3/c31-21-14-12-19(13-15-21)29-28-24(17-20(18-26(28)35)27-11-6-16-37-27)33-23-9-4-5-10-25(23)34(29)30(36)32-22-7-2-1-3-8-22/h4-6,9-16,20,22,29,33H,1-3,7-8,17-18H2,(H,32,36). The molecular formula is C30H30ClN3O3. The molecule has 0 radical (unpaired) electrons. The second kappa shape index (κ2) is 10.1. The first-order chi connectivity index (χ1) is 18.1. The number of nitrogens with one attached hydrogen (secondary N) is 2. The maximum Gasteiger partial charge on any atom is 0.323 e. The largest absolute Gasteiger partial charge is 0.469 e.